The maximum absolute atomic E-state index is 13.9. The maximum Gasteiger partial charge on any atom is 0.264 e. The summed E-state index contributed by atoms with van der Waals surface area (Å²) in [5, 5.41) is 2.86. The van der Waals surface area contributed by atoms with Gasteiger partial charge in [-0.2, -0.15) is 0 Å². The van der Waals surface area contributed by atoms with Crippen LogP contribution in [0.5, 0.6) is 0 Å². The molecule has 0 bridgehead atoms. The van der Waals surface area contributed by atoms with Gasteiger partial charge in [0.15, 0.2) is 0 Å². The van der Waals surface area contributed by atoms with Crippen LogP contribution >= 0.6 is 0 Å². The minimum absolute atomic E-state index is 0.0903. The highest BCUT2D eigenvalue weighted by Crippen LogP contribution is 2.28. The molecule has 0 aromatic heterocycles. The molecule has 2 amide bonds. The smallest absolute Gasteiger partial charge is 0.264 e. The van der Waals surface area contributed by atoms with Crippen LogP contribution in [0, 0.1) is 20.8 Å². The molecule has 0 aliphatic heterocycles. The fourth-order valence-corrected chi connectivity index (χ4v) is 5.58. The lowest BCUT2D eigenvalue weighted by Gasteiger charge is -2.32. The van der Waals surface area contributed by atoms with Gasteiger partial charge in [0, 0.05) is 13.1 Å². The number of anilines is 1. The normalized spacial score (nSPS) is 12.0. The molecule has 3 aromatic carbocycles. The van der Waals surface area contributed by atoms with Gasteiger partial charge in [0.25, 0.3) is 10.0 Å². The third kappa shape index (κ3) is 7.01. The van der Waals surface area contributed by atoms with Crippen LogP contribution in [0.1, 0.15) is 42.5 Å². The molecule has 0 saturated heterocycles. The van der Waals surface area contributed by atoms with Crippen LogP contribution < -0.4 is 9.62 Å². The molecular formula is C30H37N3O4S. The predicted molar refractivity (Wildman–Crippen MR) is 151 cm³/mol. The second-order valence-corrected chi connectivity index (χ2v) is 11.5. The van der Waals surface area contributed by atoms with E-state index in [1.165, 1.54) is 17.0 Å². The molecule has 1 N–H and O–H groups in total. The minimum Gasteiger partial charge on any atom is -0.354 e. The van der Waals surface area contributed by atoms with Crippen molar-refractivity contribution in [3.63, 3.8) is 0 Å². The molecule has 7 nitrogen and oxygen atoms in total. The first kappa shape index (κ1) is 28.9. The van der Waals surface area contributed by atoms with Crippen LogP contribution in [0.3, 0.4) is 0 Å². The zero-order chi connectivity index (χ0) is 27.9. The highest BCUT2D eigenvalue weighted by Gasteiger charge is 2.33. The maximum atomic E-state index is 13.9. The number of carbonyl (C=O) groups excluding carboxylic acids is 2. The Balaban J connectivity index is 2.04. The Morgan fingerprint density at radius 1 is 0.895 bits per heavy atom. The quantitative estimate of drug-likeness (QED) is 0.384. The van der Waals surface area contributed by atoms with E-state index in [9.17, 15) is 18.0 Å². The second-order valence-electron chi connectivity index (χ2n) is 9.59. The van der Waals surface area contributed by atoms with Crippen LogP contribution in [-0.4, -0.2) is 44.3 Å². The third-order valence-electron chi connectivity index (χ3n) is 6.43. The van der Waals surface area contributed by atoms with Gasteiger partial charge < -0.3 is 10.2 Å². The van der Waals surface area contributed by atoms with E-state index in [1.54, 1.807) is 31.2 Å². The van der Waals surface area contributed by atoms with E-state index in [1.807, 2.05) is 64.1 Å². The van der Waals surface area contributed by atoms with Crippen LogP contribution in [-0.2, 0) is 26.2 Å². The van der Waals surface area contributed by atoms with Gasteiger partial charge in [0.1, 0.15) is 12.6 Å². The third-order valence-corrected chi connectivity index (χ3v) is 8.21. The Morgan fingerprint density at radius 3 is 2.16 bits per heavy atom. The van der Waals surface area contributed by atoms with E-state index in [4.69, 9.17) is 0 Å². The first-order valence-corrected chi connectivity index (χ1v) is 14.3. The summed E-state index contributed by atoms with van der Waals surface area (Å²) in [6.45, 7) is 9.52. The molecule has 0 spiro atoms. The number of aryl methyl sites for hydroxylation is 3. The number of sulfonamides is 1. The van der Waals surface area contributed by atoms with Crippen LogP contribution in [0.25, 0.3) is 0 Å². The Bertz CT molecular complexity index is 1360. The Morgan fingerprint density at radius 2 is 1.53 bits per heavy atom. The highest BCUT2D eigenvalue weighted by molar-refractivity contribution is 7.92. The standard InChI is InChI=1S/C30H37N3O4S/c1-6-18-31-30(35)25(5)32(20-26-16-13-22(2)14-17-26)29(34)21-33(28-19-23(3)12-15-24(28)4)38(36,37)27-10-8-7-9-11-27/h7-17,19,25H,6,18,20-21H2,1-5H3,(H,31,35)/t25-/m1/s1. The van der Waals surface area contributed by atoms with Crippen molar-refractivity contribution < 1.29 is 18.0 Å². The van der Waals surface area contributed by atoms with Crippen molar-refractivity contribution in [2.45, 2.75) is 58.5 Å². The molecule has 3 rings (SSSR count). The van der Waals surface area contributed by atoms with Crippen molar-refractivity contribution >= 4 is 27.5 Å². The van der Waals surface area contributed by atoms with Crippen molar-refractivity contribution in [1.29, 1.82) is 0 Å². The summed E-state index contributed by atoms with van der Waals surface area (Å²) in [7, 11) is -4.08. The fourth-order valence-electron chi connectivity index (χ4n) is 4.09. The van der Waals surface area contributed by atoms with E-state index < -0.39 is 28.5 Å². The number of benzene rings is 3. The number of hydrogen-bond acceptors (Lipinski definition) is 4. The van der Waals surface area contributed by atoms with Gasteiger partial charge in [-0.3, -0.25) is 13.9 Å². The SMILES string of the molecule is CCCNC(=O)[C@@H](C)N(Cc1ccc(C)cc1)C(=O)CN(c1cc(C)ccc1C)S(=O)(=O)c1ccccc1. The van der Waals surface area contributed by atoms with E-state index in [-0.39, 0.29) is 17.3 Å². The lowest BCUT2D eigenvalue weighted by atomic mass is 10.1. The first-order valence-electron chi connectivity index (χ1n) is 12.8. The molecular weight excluding hydrogens is 498 g/mol. The van der Waals surface area contributed by atoms with Gasteiger partial charge in [-0.1, -0.05) is 67.1 Å². The molecule has 0 unspecified atom stereocenters. The van der Waals surface area contributed by atoms with Gasteiger partial charge in [-0.25, -0.2) is 8.42 Å². The predicted octanol–water partition coefficient (Wildman–Crippen LogP) is 4.75. The summed E-state index contributed by atoms with van der Waals surface area (Å²) >= 11 is 0. The average molecular weight is 536 g/mol. The number of rotatable bonds is 11. The zero-order valence-electron chi connectivity index (χ0n) is 22.8. The average Bonchev–Trinajstić information content (AvgIpc) is 2.91. The monoisotopic (exact) mass is 535 g/mol. The van der Waals surface area contributed by atoms with Crippen LogP contribution in [0.15, 0.2) is 77.7 Å². The van der Waals surface area contributed by atoms with E-state index in [2.05, 4.69) is 5.32 Å². The number of carbonyl (C=O) groups is 2. The molecule has 1 atom stereocenters. The van der Waals surface area contributed by atoms with Crippen LogP contribution in [0.2, 0.25) is 0 Å². The fraction of sp³-hybridized carbons (Fsp3) is 0.333. The zero-order valence-corrected chi connectivity index (χ0v) is 23.6. The molecule has 0 saturated carbocycles. The molecule has 0 fully saturated rings. The van der Waals surface area contributed by atoms with E-state index >= 15 is 0 Å². The second kappa shape index (κ2) is 12.7. The van der Waals surface area contributed by atoms with Crippen molar-refractivity contribution in [2.24, 2.45) is 0 Å². The number of nitrogens with one attached hydrogen (secondary N) is 1. The van der Waals surface area contributed by atoms with Crippen molar-refractivity contribution in [3.8, 4) is 0 Å². The molecule has 0 aliphatic rings. The van der Waals surface area contributed by atoms with Crippen molar-refractivity contribution in [3.05, 3.63) is 95.1 Å². The summed E-state index contributed by atoms with van der Waals surface area (Å²) in [6.07, 6.45) is 0.764. The van der Waals surface area contributed by atoms with Crippen LogP contribution in [0.4, 0.5) is 5.69 Å². The number of nitrogens with zero attached hydrogens (tertiary/aromatic N) is 2. The molecule has 8 heteroatoms. The van der Waals surface area contributed by atoms with Gasteiger partial charge in [0.05, 0.1) is 10.6 Å². The number of hydrogen-bond donors (Lipinski definition) is 1. The molecule has 202 valence electrons. The summed E-state index contributed by atoms with van der Waals surface area (Å²) < 4.78 is 28.9. The molecule has 38 heavy (non-hydrogen) atoms. The van der Waals surface area contributed by atoms with Gasteiger partial charge in [-0.15, -0.1) is 0 Å². The topological polar surface area (TPSA) is 86.8 Å². The minimum atomic E-state index is -4.08. The van der Waals surface area contributed by atoms with Gasteiger partial charge in [-0.05, 0) is 69.0 Å². The van der Waals surface area contributed by atoms with Crippen molar-refractivity contribution in [1.82, 2.24) is 10.2 Å². The number of amides is 2. The largest absolute Gasteiger partial charge is 0.354 e. The van der Waals surface area contributed by atoms with Gasteiger partial charge in [0.2, 0.25) is 11.8 Å². The van der Waals surface area contributed by atoms with Gasteiger partial charge >= 0.3 is 0 Å². The summed E-state index contributed by atoms with van der Waals surface area (Å²) in [5.74, 6) is -0.748. The molecule has 0 aliphatic carbocycles. The molecule has 0 radical (unpaired) electrons. The molecule has 0 heterocycles. The van der Waals surface area contributed by atoms with Crippen molar-refractivity contribution in [2.75, 3.05) is 17.4 Å². The summed E-state index contributed by atoms with van der Waals surface area (Å²) in [6, 6.07) is 20.5. The first-order chi connectivity index (χ1) is 18.0. The molecule has 3 aromatic rings. The Kier molecular flexibility index (Phi) is 9.69. The summed E-state index contributed by atoms with van der Waals surface area (Å²) in [4.78, 5) is 28.4. The lowest BCUT2D eigenvalue weighted by molar-refractivity contribution is -0.139. The Labute approximate surface area is 226 Å². The van der Waals surface area contributed by atoms with E-state index in [0.29, 0.717) is 12.2 Å². The van der Waals surface area contributed by atoms with E-state index in [0.717, 1.165) is 33.0 Å². The lowest BCUT2D eigenvalue weighted by Crippen LogP contribution is -2.51. The highest BCUT2D eigenvalue weighted by atomic mass is 32.2. The summed E-state index contributed by atoms with van der Waals surface area (Å²) in [5.41, 5.74) is 3.95. The Hall–Kier alpha value is -3.65.